The molecule has 136 valence electrons. The highest BCUT2D eigenvalue weighted by Crippen LogP contribution is 2.29. The van der Waals surface area contributed by atoms with Crippen molar-refractivity contribution in [3.63, 3.8) is 0 Å². The highest BCUT2D eigenvalue weighted by molar-refractivity contribution is 7.15. The number of nitrogens with zero attached hydrogens (tertiary/aromatic N) is 4. The first-order valence-electron chi connectivity index (χ1n) is 8.48. The number of hydrogen-bond acceptors (Lipinski definition) is 6. The van der Waals surface area contributed by atoms with Crippen LogP contribution < -0.4 is 10.2 Å². The molecule has 1 amide bonds. The summed E-state index contributed by atoms with van der Waals surface area (Å²) in [5.41, 5.74) is 1.91. The molecule has 27 heavy (non-hydrogen) atoms. The van der Waals surface area contributed by atoms with Gasteiger partial charge in [0, 0.05) is 25.2 Å². The molecule has 0 unspecified atom stereocenters. The molecule has 0 spiro atoms. The minimum absolute atomic E-state index is 0.0194. The number of carbonyl (C=O) groups is 1. The van der Waals surface area contributed by atoms with Crippen LogP contribution in [0, 0.1) is 11.3 Å². The Bertz CT molecular complexity index is 1060. The van der Waals surface area contributed by atoms with Gasteiger partial charge in [0.15, 0.2) is 0 Å². The third-order valence-corrected chi connectivity index (χ3v) is 5.05. The monoisotopic (exact) mass is 377 g/mol. The summed E-state index contributed by atoms with van der Waals surface area (Å²) in [5, 5.41) is 23.3. The highest BCUT2D eigenvalue weighted by Gasteiger charge is 2.14. The molecule has 0 aliphatic carbocycles. The summed E-state index contributed by atoms with van der Waals surface area (Å²) >= 11 is 1.31. The van der Waals surface area contributed by atoms with E-state index in [1.54, 1.807) is 6.08 Å². The van der Waals surface area contributed by atoms with Crippen LogP contribution >= 0.6 is 11.3 Å². The van der Waals surface area contributed by atoms with E-state index in [1.165, 1.54) is 11.3 Å². The SMILES string of the molecule is CCc1nnc(NC(=O)C(C#N)=Cc2ccc(N(C)C)c3ccccc23)s1. The quantitative estimate of drug-likeness (QED) is 0.539. The van der Waals surface area contributed by atoms with E-state index in [2.05, 4.69) is 15.5 Å². The molecule has 3 aromatic rings. The molecule has 0 aliphatic rings. The lowest BCUT2D eigenvalue weighted by Gasteiger charge is -2.16. The van der Waals surface area contributed by atoms with Gasteiger partial charge >= 0.3 is 0 Å². The third-order valence-electron chi connectivity index (χ3n) is 4.07. The molecule has 0 fully saturated rings. The number of fused-ring (bicyclic) bond motifs is 1. The standard InChI is InChI=1S/C20H19N5OS/c1-4-18-23-24-20(27-18)22-19(26)14(12-21)11-13-9-10-17(25(2)3)16-8-6-5-7-15(13)16/h5-11H,4H2,1-3H3,(H,22,24,26). The first kappa shape index (κ1) is 18.5. The third kappa shape index (κ3) is 3.96. The maximum Gasteiger partial charge on any atom is 0.268 e. The van der Waals surface area contributed by atoms with Gasteiger partial charge in [0.05, 0.1) is 0 Å². The van der Waals surface area contributed by atoms with Gasteiger partial charge in [-0.15, -0.1) is 10.2 Å². The fourth-order valence-corrected chi connectivity index (χ4v) is 3.41. The van der Waals surface area contributed by atoms with Crippen molar-refractivity contribution in [3.8, 4) is 6.07 Å². The van der Waals surface area contributed by atoms with Crippen molar-refractivity contribution in [3.05, 3.63) is 52.5 Å². The van der Waals surface area contributed by atoms with Crippen LogP contribution in [0.1, 0.15) is 17.5 Å². The molecule has 0 atom stereocenters. The predicted molar refractivity (Wildman–Crippen MR) is 110 cm³/mol. The topological polar surface area (TPSA) is 81.9 Å². The van der Waals surface area contributed by atoms with Gasteiger partial charge < -0.3 is 4.90 Å². The molecule has 7 heteroatoms. The summed E-state index contributed by atoms with van der Waals surface area (Å²) < 4.78 is 0. The number of nitriles is 1. The molecule has 0 bridgehead atoms. The van der Waals surface area contributed by atoms with Crippen molar-refractivity contribution < 1.29 is 4.79 Å². The van der Waals surface area contributed by atoms with Crippen molar-refractivity contribution in [2.45, 2.75) is 13.3 Å². The van der Waals surface area contributed by atoms with E-state index in [9.17, 15) is 10.1 Å². The Hall–Kier alpha value is -3.24. The Morgan fingerprint density at radius 3 is 2.59 bits per heavy atom. The van der Waals surface area contributed by atoms with Gasteiger partial charge in [0.2, 0.25) is 5.13 Å². The first-order chi connectivity index (χ1) is 13.0. The van der Waals surface area contributed by atoms with Crippen molar-refractivity contribution >= 4 is 44.9 Å². The number of carbonyl (C=O) groups excluding carboxylic acids is 1. The Balaban J connectivity index is 1.97. The molecule has 1 aromatic heterocycles. The Morgan fingerprint density at radius 2 is 1.96 bits per heavy atom. The van der Waals surface area contributed by atoms with Gasteiger partial charge in [-0.25, -0.2) is 0 Å². The smallest absolute Gasteiger partial charge is 0.268 e. The van der Waals surface area contributed by atoms with Gasteiger partial charge in [-0.05, 0) is 29.5 Å². The van der Waals surface area contributed by atoms with Crippen molar-refractivity contribution in [2.24, 2.45) is 0 Å². The average Bonchev–Trinajstić information content (AvgIpc) is 3.13. The van der Waals surface area contributed by atoms with Gasteiger partial charge in [-0.2, -0.15) is 5.26 Å². The van der Waals surface area contributed by atoms with Crippen LogP contribution in [0.2, 0.25) is 0 Å². The zero-order chi connectivity index (χ0) is 19.4. The largest absolute Gasteiger partial charge is 0.377 e. The second-order valence-corrected chi connectivity index (χ2v) is 7.15. The first-order valence-corrected chi connectivity index (χ1v) is 9.29. The Labute approximate surface area is 161 Å². The lowest BCUT2D eigenvalue weighted by molar-refractivity contribution is -0.112. The molecule has 0 radical (unpaired) electrons. The molecular weight excluding hydrogens is 358 g/mol. The summed E-state index contributed by atoms with van der Waals surface area (Å²) in [7, 11) is 3.97. The van der Waals surface area contributed by atoms with Crippen molar-refractivity contribution in [1.82, 2.24) is 10.2 Å². The van der Waals surface area contributed by atoms with Crippen molar-refractivity contribution in [1.29, 1.82) is 5.26 Å². The van der Waals surface area contributed by atoms with Crippen LogP contribution in [0.25, 0.3) is 16.8 Å². The van der Waals surface area contributed by atoms with E-state index < -0.39 is 5.91 Å². The highest BCUT2D eigenvalue weighted by atomic mass is 32.1. The normalized spacial score (nSPS) is 11.3. The van der Waals surface area contributed by atoms with Gasteiger partial charge in [-0.3, -0.25) is 10.1 Å². The second-order valence-electron chi connectivity index (χ2n) is 6.09. The van der Waals surface area contributed by atoms with Gasteiger partial charge in [-0.1, -0.05) is 48.6 Å². The fraction of sp³-hybridized carbons (Fsp3) is 0.200. The van der Waals surface area contributed by atoms with Crippen LogP contribution in [0.3, 0.4) is 0 Å². The number of anilines is 2. The molecule has 0 saturated heterocycles. The molecule has 1 heterocycles. The summed E-state index contributed by atoms with van der Waals surface area (Å²) in [4.78, 5) is 14.5. The lowest BCUT2D eigenvalue weighted by Crippen LogP contribution is -2.13. The second kappa shape index (κ2) is 7.98. The fourth-order valence-electron chi connectivity index (χ4n) is 2.74. The maximum atomic E-state index is 12.5. The minimum atomic E-state index is -0.489. The van der Waals surface area contributed by atoms with Crippen molar-refractivity contribution in [2.75, 3.05) is 24.3 Å². The van der Waals surface area contributed by atoms with E-state index in [0.717, 1.165) is 33.5 Å². The van der Waals surface area contributed by atoms with Crippen LogP contribution in [0.15, 0.2) is 42.0 Å². The predicted octanol–water partition coefficient (Wildman–Crippen LogP) is 3.87. The number of benzene rings is 2. The number of amides is 1. The zero-order valence-electron chi connectivity index (χ0n) is 15.4. The summed E-state index contributed by atoms with van der Waals surface area (Å²) in [6, 6.07) is 13.8. The minimum Gasteiger partial charge on any atom is -0.377 e. The van der Waals surface area contributed by atoms with E-state index >= 15 is 0 Å². The zero-order valence-corrected chi connectivity index (χ0v) is 16.2. The van der Waals surface area contributed by atoms with Crippen LogP contribution in [-0.4, -0.2) is 30.2 Å². The molecule has 0 aliphatic heterocycles. The average molecular weight is 377 g/mol. The molecule has 2 aromatic carbocycles. The summed E-state index contributed by atoms with van der Waals surface area (Å²) in [6.07, 6.45) is 2.36. The molecule has 6 nitrogen and oxygen atoms in total. The number of hydrogen-bond donors (Lipinski definition) is 1. The molecule has 1 N–H and O–H groups in total. The van der Waals surface area contributed by atoms with Gasteiger partial charge in [0.25, 0.3) is 5.91 Å². The summed E-state index contributed by atoms with van der Waals surface area (Å²) in [5.74, 6) is -0.489. The Morgan fingerprint density at radius 1 is 1.22 bits per heavy atom. The van der Waals surface area contributed by atoms with Crippen LogP contribution in [0.5, 0.6) is 0 Å². The number of rotatable bonds is 5. The Kier molecular flexibility index (Phi) is 5.48. The van der Waals surface area contributed by atoms with E-state index in [0.29, 0.717) is 5.13 Å². The molecule has 0 saturated carbocycles. The lowest BCUT2D eigenvalue weighted by atomic mass is 10.0. The van der Waals surface area contributed by atoms with Gasteiger partial charge in [0.1, 0.15) is 16.6 Å². The molecule has 3 rings (SSSR count). The number of aryl methyl sites for hydroxylation is 1. The van der Waals surface area contributed by atoms with E-state index in [-0.39, 0.29) is 5.57 Å². The number of nitrogens with one attached hydrogen (secondary N) is 1. The van der Waals surface area contributed by atoms with E-state index in [1.807, 2.05) is 68.4 Å². The molecular formula is C20H19N5OS. The van der Waals surface area contributed by atoms with E-state index in [4.69, 9.17) is 0 Å². The van der Waals surface area contributed by atoms with Crippen LogP contribution in [-0.2, 0) is 11.2 Å². The summed E-state index contributed by atoms with van der Waals surface area (Å²) in [6.45, 7) is 1.97. The number of aromatic nitrogens is 2. The van der Waals surface area contributed by atoms with Crippen LogP contribution in [0.4, 0.5) is 10.8 Å². The maximum absolute atomic E-state index is 12.5.